The van der Waals surface area contributed by atoms with Gasteiger partial charge in [0.2, 0.25) is 5.91 Å². The normalized spacial score (nSPS) is 20.1. The van der Waals surface area contributed by atoms with E-state index in [1.165, 1.54) is 11.1 Å². The van der Waals surface area contributed by atoms with Gasteiger partial charge in [-0.05, 0) is 38.4 Å². The van der Waals surface area contributed by atoms with Crippen LogP contribution in [0.2, 0.25) is 0 Å². The third kappa shape index (κ3) is 3.93. The first kappa shape index (κ1) is 17.7. The van der Waals surface area contributed by atoms with Crippen LogP contribution in [0.3, 0.4) is 0 Å². The summed E-state index contributed by atoms with van der Waals surface area (Å²) in [6.07, 6.45) is 0.943. The summed E-state index contributed by atoms with van der Waals surface area (Å²) in [7, 11) is 2.13. The fourth-order valence-corrected chi connectivity index (χ4v) is 3.77. The smallest absolute Gasteiger partial charge is 0.227 e. The van der Waals surface area contributed by atoms with E-state index in [4.69, 9.17) is 0 Å². The molecule has 1 fully saturated rings. The van der Waals surface area contributed by atoms with Gasteiger partial charge in [0.05, 0.1) is 5.92 Å². The summed E-state index contributed by atoms with van der Waals surface area (Å²) >= 11 is 0. The van der Waals surface area contributed by atoms with Gasteiger partial charge in [0.15, 0.2) is 0 Å². The molecule has 0 spiro atoms. The monoisotopic (exact) mass is 336 g/mol. The van der Waals surface area contributed by atoms with Gasteiger partial charge in [-0.2, -0.15) is 0 Å². The van der Waals surface area contributed by atoms with Crippen molar-refractivity contribution in [3.05, 3.63) is 71.8 Å². The van der Waals surface area contributed by atoms with Crippen LogP contribution in [0.25, 0.3) is 0 Å². The molecular weight excluding hydrogens is 308 g/mol. The molecule has 3 atom stereocenters. The van der Waals surface area contributed by atoms with Crippen molar-refractivity contribution in [2.24, 2.45) is 5.92 Å². The SMILES string of the molecule is C[C@@H](c1ccccc1)N(C)[C@@H](C)[C@@H]1CCN(Cc2ccccc2)C1=O. The first-order valence-electron chi connectivity index (χ1n) is 9.17. The number of carbonyl (C=O) groups is 1. The van der Waals surface area contributed by atoms with Crippen molar-refractivity contribution in [1.82, 2.24) is 9.80 Å². The molecule has 0 N–H and O–H groups in total. The Morgan fingerprint density at radius 1 is 1.04 bits per heavy atom. The molecule has 0 aromatic heterocycles. The van der Waals surface area contributed by atoms with Crippen LogP contribution in [-0.4, -0.2) is 35.3 Å². The summed E-state index contributed by atoms with van der Waals surface area (Å²) in [6.45, 7) is 5.98. The van der Waals surface area contributed by atoms with Gasteiger partial charge in [0.25, 0.3) is 0 Å². The minimum absolute atomic E-state index is 0.0832. The lowest BCUT2D eigenvalue weighted by atomic mass is 9.96. The van der Waals surface area contributed by atoms with Gasteiger partial charge >= 0.3 is 0 Å². The van der Waals surface area contributed by atoms with Crippen molar-refractivity contribution >= 4 is 5.91 Å². The predicted molar refractivity (Wildman–Crippen MR) is 102 cm³/mol. The number of hydrogen-bond donors (Lipinski definition) is 0. The van der Waals surface area contributed by atoms with Gasteiger partial charge in [-0.15, -0.1) is 0 Å². The predicted octanol–water partition coefficient (Wildman–Crippen LogP) is 4.12. The molecule has 0 radical (unpaired) electrons. The van der Waals surface area contributed by atoms with E-state index in [1.54, 1.807) is 0 Å². The largest absolute Gasteiger partial charge is 0.338 e. The van der Waals surface area contributed by atoms with E-state index in [9.17, 15) is 4.79 Å². The van der Waals surface area contributed by atoms with E-state index in [2.05, 4.69) is 62.2 Å². The van der Waals surface area contributed by atoms with Crippen molar-refractivity contribution in [3.8, 4) is 0 Å². The number of hydrogen-bond acceptors (Lipinski definition) is 2. The van der Waals surface area contributed by atoms with Crippen LogP contribution in [0.1, 0.15) is 37.4 Å². The molecule has 1 heterocycles. The first-order valence-corrected chi connectivity index (χ1v) is 9.17. The van der Waals surface area contributed by atoms with E-state index in [1.807, 2.05) is 29.2 Å². The maximum absolute atomic E-state index is 12.9. The van der Waals surface area contributed by atoms with E-state index in [0.29, 0.717) is 11.9 Å². The topological polar surface area (TPSA) is 23.6 Å². The lowest BCUT2D eigenvalue weighted by Gasteiger charge is -2.34. The number of amides is 1. The van der Waals surface area contributed by atoms with Crippen molar-refractivity contribution in [3.63, 3.8) is 0 Å². The molecular formula is C22H28N2O. The fourth-order valence-electron chi connectivity index (χ4n) is 3.77. The highest BCUT2D eigenvalue weighted by atomic mass is 16.2. The van der Waals surface area contributed by atoms with Gasteiger partial charge < -0.3 is 4.90 Å². The number of likely N-dealkylation sites (tertiary alicyclic amines) is 1. The highest BCUT2D eigenvalue weighted by molar-refractivity contribution is 5.81. The Balaban J connectivity index is 1.64. The van der Waals surface area contributed by atoms with E-state index in [-0.39, 0.29) is 12.0 Å². The molecule has 132 valence electrons. The van der Waals surface area contributed by atoms with Gasteiger partial charge in [-0.3, -0.25) is 9.69 Å². The highest BCUT2D eigenvalue weighted by Crippen LogP contribution is 2.30. The maximum atomic E-state index is 12.9. The molecule has 0 unspecified atom stereocenters. The molecule has 1 aliphatic heterocycles. The molecule has 2 aromatic carbocycles. The summed E-state index contributed by atoms with van der Waals surface area (Å²) in [5.74, 6) is 0.378. The number of benzene rings is 2. The zero-order chi connectivity index (χ0) is 17.8. The molecule has 3 nitrogen and oxygen atoms in total. The number of nitrogens with zero attached hydrogens (tertiary/aromatic N) is 2. The molecule has 1 aliphatic rings. The lowest BCUT2D eigenvalue weighted by molar-refractivity contribution is -0.133. The zero-order valence-electron chi connectivity index (χ0n) is 15.4. The summed E-state index contributed by atoms with van der Waals surface area (Å²) in [5, 5.41) is 0. The number of carbonyl (C=O) groups excluding carboxylic acids is 1. The maximum Gasteiger partial charge on any atom is 0.227 e. The Bertz CT molecular complexity index is 686. The second kappa shape index (κ2) is 7.83. The van der Waals surface area contributed by atoms with Crippen LogP contribution in [0.15, 0.2) is 60.7 Å². The van der Waals surface area contributed by atoms with Crippen LogP contribution in [0.4, 0.5) is 0 Å². The summed E-state index contributed by atoms with van der Waals surface area (Å²) in [5.41, 5.74) is 2.50. The molecule has 0 saturated carbocycles. The minimum Gasteiger partial charge on any atom is -0.338 e. The van der Waals surface area contributed by atoms with Crippen molar-refractivity contribution in [2.45, 2.75) is 38.9 Å². The number of rotatable bonds is 6. The van der Waals surface area contributed by atoms with E-state index in [0.717, 1.165) is 19.5 Å². The summed E-state index contributed by atoms with van der Waals surface area (Å²) in [4.78, 5) is 17.3. The molecule has 0 bridgehead atoms. The summed E-state index contributed by atoms with van der Waals surface area (Å²) < 4.78 is 0. The average molecular weight is 336 g/mol. The zero-order valence-corrected chi connectivity index (χ0v) is 15.4. The summed E-state index contributed by atoms with van der Waals surface area (Å²) in [6, 6.07) is 21.3. The molecule has 1 amide bonds. The van der Waals surface area contributed by atoms with Crippen molar-refractivity contribution in [2.75, 3.05) is 13.6 Å². The Labute approximate surface area is 151 Å². The van der Waals surface area contributed by atoms with Gasteiger partial charge in [0, 0.05) is 25.2 Å². The molecule has 3 rings (SSSR count). The highest BCUT2D eigenvalue weighted by Gasteiger charge is 2.37. The van der Waals surface area contributed by atoms with Gasteiger partial charge in [-0.25, -0.2) is 0 Å². The molecule has 25 heavy (non-hydrogen) atoms. The quantitative estimate of drug-likeness (QED) is 0.792. The third-order valence-corrected chi connectivity index (χ3v) is 5.67. The van der Waals surface area contributed by atoms with Crippen LogP contribution >= 0.6 is 0 Å². The van der Waals surface area contributed by atoms with Crippen LogP contribution in [0.5, 0.6) is 0 Å². The van der Waals surface area contributed by atoms with E-state index < -0.39 is 0 Å². The molecule has 1 saturated heterocycles. The third-order valence-electron chi connectivity index (χ3n) is 5.67. The van der Waals surface area contributed by atoms with Crippen LogP contribution in [-0.2, 0) is 11.3 Å². The van der Waals surface area contributed by atoms with Gasteiger partial charge in [-0.1, -0.05) is 60.7 Å². The molecule has 0 aliphatic carbocycles. The molecule has 3 heteroatoms. The Kier molecular flexibility index (Phi) is 5.54. The van der Waals surface area contributed by atoms with Gasteiger partial charge in [0.1, 0.15) is 0 Å². The first-order chi connectivity index (χ1) is 12.1. The fraction of sp³-hybridized carbons (Fsp3) is 0.409. The van der Waals surface area contributed by atoms with E-state index >= 15 is 0 Å². The Morgan fingerprint density at radius 2 is 1.64 bits per heavy atom. The van der Waals surface area contributed by atoms with Crippen molar-refractivity contribution in [1.29, 1.82) is 0 Å². The average Bonchev–Trinajstić information content (AvgIpc) is 3.02. The second-order valence-corrected chi connectivity index (χ2v) is 7.13. The molecule has 2 aromatic rings. The Hall–Kier alpha value is -2.13. The van der Waals surface area contributed by atoms with Crippen LogP contribution < -0.4 is 0 Å². The standard InChI is InChI=1S/C22H28N2O/c1-17(20-12-8-5-9-13-20)23(3)18(2)21-14-15-24(22(21)25)16-19-10-6-4-7-11-19/h4-13,17-18,21H,14-16H2,1-3H3/t17-,18-,21-/m0/s1. The minimum atomic E-state index is 0.0832. The lowest BCUT2D eigenvalue weighted by Crippen LogP contribution is -2.41. The van der Waals surface area contributed by atoms with Crippen LogP contribution in [0, 0.1) is 5.92 Å². The van der Waals surface area contributed by atoms with Crippen molar-refractivity contribution < 1.29 is 4.79 Å². The second-order valence-electron chi connectivity index (χ2n) is 7.13. The Morgan fingerprint density at radius 3 is 2.28 bits per heavy atom.